The van der Waals surface area contributed by atoms with Crippen LogP contribution in [-0.2, 0) is 12.8 Å². The molecule has 0 atom stereocenters. The Morgan fingerprint density at radius 2 is 1.65 bits per heavy atom. The van der Waals surface area contributed by atoms with E-state index in [1.165, 1.54) is 0 Å². The Labute approximate surface area is 106 Å². The Kier molecular flexibility index (Phi) is 4.29. The van der Waals surface area contributed by atoms with Crippen molar-refractivity contribution in [3.8, 4) is 0 Å². The van der Waals surface area contributed by atoms with Gasteiger partial charge in [0.05, 0.1) is 0 Å². The highest BCUT2D eigenvalue weighted by molar-refractivity contribution is 5.04. The quantitative estimate of drug-likeness (QED) is 0.788. The summed E-state index contributed by atoms with van der Waals surface area (Å²) in [4.78, 5) is 9.01. The van der Waals surface area contributed by atoms with Gasteiger partial charge in [0, 0.05) is 18.3 Å². The van der Waals surface area contributed by atoms with Gasteiger partial charge in [-0.3, -0.25) is 0 Å². The molecule has 0 amide bonds. The molecule has 1 aromatic rings. The first-order valence-corrected chi connectivity index (χ1v) is 6.47. The first-order chi connectivity index (χ1) is 7.66. The van der Waals surface area contributed by atoms with E-state index >= 15 is 0 Å². The third-order valence-corrected chi connectivity index (χ3v) is 2.57. The molecule has 0 spiro atoms. The van der Waals surface area contributed by atoms with E-state index in [-0.39, 0.29) is 5.41 Å². The molecule has 0 aliphatic rings. The average Bonchev–Trinajstić information content (AvgIpc) is 2.11. The highest BCUT2D eigenvalue weighted by Crippen LogP contribution is 2.21. The molecule has 0 bridgehead atoms. The van der Waals surface area contributed by atoms with E-state index in [0.717, 1.165) is 30.8 Å². The molecule has 96 valence electrons. The molecule has 1 heterocycles. The second kappa shape index (κ2) is 5.16. The van der Waals surface area contributed by atoms with Crippen LogP contribution in [0.25, 0.3) is 0 Å². The Bertz CT molecular complexity index is 356. The van der Waals surface area contributed by atoms with Crippen molar-refractivity contribution in [1.82, 2.24) is 9.97 Å². The molecule has 2 heteroatoms. The summed E-state index contributed by atoms with van der Waals surface area (Å²) in [5.41, 5.74) is 1.80. The first kappa shape index (κ1) is 14.1. The van der Waals surface area contributed by atoms with E-state index in [1.807, 2.05) is 12.3 Å². The largest absolute Gasteiger partial charge is 0.241 e. The third kappa shape index (κ3) is 6.40. The molecule has 17 heavy (non-hydrogen) atoms. The molecule has 0 N–H and O–H groups in total. The van der Waals surface area contributed by atoms with Gasteiger partial charge < -0.3 is 0 Å². The van der Waals surface area contributed by atoms with Gasteiger partial charge in [0.25, 0.3) is 0 Å². The minimum absolute atomic E-state index is 0.287. The van der Waals surface area contributed by atoms with Gasteiger partial charge in [0.2, 0.25) is 0 Å². The molecule has 0 aliphatic carbocycles. The smallest absolute Gasteiger partial charge is 0.128 e. The predicted octanol–water partition coefficient (Wildman–Crippen LogP) is 4.04. The minimum atomic E-state index is 0.287. The van der Waals surface area contributed by atoms with Gasteiger partial charge in [-0.05, 0) is 29.7 Å². The van der Waals surface area contributed by atoms with Gasteiger partial charge in [-0.2, -0.15) is 0 Å². The Balaban J connectivity index is 2.66. The molecular formula is C15H26N2. The summed E-state index contributed by atoms with van der Waals surface area (Å²) < 4.78 is 0. The zero-order valence-electron chi connectivity index (χ0n) is 12.2. The van der Waals surface area contributed by atoms with Crippen LogP contribution in [0.5, 0.6) is 0 Å². The normalized spacial score (nSPS) is 12.8. The second-order valence-corrected chi connectivity index (χ2v) is 7.26. The zero-order valence-corrected chi connectivity index (χ0v) is 12.2. The number of nitrogens with zero attached hydrogens (tertiary/aromatic N) is 2. The van der Waals surface area contributed by atoms with Crippen LogP contribution in [0.4, 0.5) is 0 Å². The lowest BCUT2D eigenvalue weighted by Gasteiger charge is -2.19. The maximum absolute atomic E-state index is 4.65. The van der Waals surface area contributed by atoms with Crippen LogP contribution in [0.15, 0.2) is 12.3 Å². The number of hydrogen-bond acceptors (Lipinski definition) is 2. The molecule has 1 aromatic heterocycles. The molecule has 0 aromatic carbocycles. The number of rotatable bonds is 3. The number of aromatic nitrogens is 2. The van der Waals surface area contributed by atoms with E-state index in [1.54, 1.807) is 0 Å². The fourth-order valence-corrected chi connectivity index (χ4v) is 1.69. The van der Waals surface area contributed by atoms with E-state index in [9.17, 15) is 0 Å². The maximum atomic E-state index is 4.65. The fourth-order valence-electron chi connectivity index (χ4n) is 1.69. The summed E-state index contributed by atoms with van der Waals surface area (Å²) in [5, 5.41) is 0. The third-order valence-electron chi connectivity index (χ3n) is 2.57. The summed E-state index contributed by atoms with van der Waals surface area (Å²) in [7, 11) is 0. The van der Waals surface area contributed by atoms with Gasteiger partial charge in [-0.1, -0.05) is 41.5 Å². The molecule has 0 saturated heterocycles. The Hall–Kier alpha value is -0.920. The minimum Gasteiger partial charge on any atom is -0.241 e. The highest BCUT2D eigenvalue weighted by Gasteiger charge is 2.14. The average molecular weight is 234 g/mol. The number of hydrogen-bond donors (Lipinski definition) is 0. The van der Waals surface area contributed by atoms with Crippen molar-refractivity contribution in [1.29, 1.82) is 0 Å². The van der Waals surface area contributed by atoms with Crippen LogP contribution in [-0.4, -0.2) is 9.97 Å². The summed E-state index contributed by atoms with van der Waals surface area (Å²) in [6.45, 7) is 13.5. The SMILES string of the molecule is CC(C)(C)CCc1nccc(CC(C)(C)C)n1. The highest BCUT2D eigenvalue weighted by atomic mass is 14.9. The van der Waals surface area contributed by atoms with Crippen molar-refractivity contribution in [3.63, 3.8) is 0 Å². The van der Waals surface area contributed by atoms with Crippen LogP contribution in [0, 0.1) is 10.8 Å². The molecule has 0 aliphatic heterocycles. The van der Waals surface area contributed by atoms with Crippen LogP contribution < -0.4 is 0 Å². The molecular weight excluding hydrogens is 208 g/mol. The van der Waals surface area contributed by atoms with E-state index in [0.29, 0.717) is 5.41 Å². The Morgan fingerprint density at radius 3 is 2.18 bits per heavy atom. The van der Waals surface area contributed by atoms with Gasteiger partial charge >= 0.3 is 0 Å². The monoisotopic (exact) mass is 234 g/mol. The number of aryl methyl sites for hydroxylation is 1. The van der Waals surface area contributed by atoms with E-state index in [2.05, 4.69) is 51.5 Å². The van der Waals surface area contributed by atoms with E-state index in [4.69, 9.17) is 0 Å². The van der Waals surface area contributed by atoms with Crippen molar-refractivity contribution in [2.24, 2.45) is 10.8 Å². The molecule has 0 saturated carbocycles. The standard InChI is InChI=1S/C15H26N2/c1-14(2,3)9-7-13-16-10-8-12(17-13)11-15(4,5)6/h8,10H,7,9,11H2,1-6H3. The summed E-state index contributed by atoms with van der Waals surface area (Å²) in [5.74, 6) is 0.988. The summed E-state index contributed by atoms with van der Waals surface area (Å²) >= 11 is 0. The van der Waals surface area contributed by atoms with Crippen molar-refractivity contribution in [2.45, 2.75) is 60.8 Å². The van der Waals surface area contributed by atoms with Crippen molar-refractivity contribution in [3.05, 3.63) is 23.8 Å². The van der Waals surface area contributed by atoms with Crippen LogP contribution in [0.3, 0.4) is 0 Å². The first-order valence-electron chi connectivity index (χ1n) is 6.47. The van der Waals surface area contributed by atoms with Gasteiger partial charge in [0.15, 0.2) is 0 Å². The Morgan fingerprint density at radius 1 is 1.00 bits per heavy atom. The molecule has 1 rings (SSSR count). The van der Waals surface area contributed by atoms with Crippen molar-refractivity contribution >= 4 is 0 Å². The van der Waals surface area contributed by atoms with Gasteiger partial charge in [0.1, 0.15) is 5.82 Å². The fraction of sp³-hybridized carbons (Fsp3) is 0.733. The molecule has 0 fully saturated rings. The summed E-state index contributed by atoms with van der Waals surface area (Å²) in [6.07, 6.45) is 5.01. The van der Waals surface area contributed by atoms with Crippen LogP contribution >= 0.6 is 0 Å². The molecule has 0 unspecified atom stereocenters. The maximum Gasteiger partial charge on any atom is 0.128 e. The predicted molar refractivity (Wildman–Crippen MR) is 73.0 cm³/mol. The topological polar surface area (TPSA) is 25.8 Å². The van der Waals surface area contributed by atoms with Crippen molar-refractivity contribution in [2.75, 3.05) is 0 Å². The van der Waals surface area contributed by atoms with E-state index < -0.39 is 0 Å². The molecule has 0 radical (unpaired) electrons. The second-order valence-electron chi connectivity index (χ2n) is 7.26. The molecule has 2 nitrogen and oxygen atoms in total. The summed E-state index contributed by atoms with van der Waals surface area (Å²) in [6, 6.07) is 2.03. The van der Waals surface area contributed by atoms with Gasteiger partial charge in [-0.25, -0.2) is 9.97 Å². The van der Waals surface area contributed by atoms with Gasteiger partial charge in [-0.15, -0.1) is 0 Å². The lowest BCUT2D eigenvalue weighted by molar-refractivity contribution is 0.372. The lowest BCUT2D eigenvalue weighted by atomic mass is 9.89. The van der Waals surface area contributed by atoms with Crippen molar-refractivity contribution < 1.29 is 0 Å². The zero-order chi connectivity index (χ0) is 13.1. The lowest BCUT2D eigenvalue weighted by Crippen LogP contribution is -2.13. The van der Waals surface area contributed by atoms with Crippen LogP contribution in [0.2, 0.25) is 0 Å². The van der Waals surface area contributed by atoms with Crippen LogP contribution in [0.1, 0.15) is 59.5 Å².